The summed E-state index contributed by atoms with van der Waals surface area (Å²) in [6.45, 7) is 0. The van der Waals surface area contributed by atoms with Crippen molar-refractivity contribution in [2.45, 2.75) is 0 Å². The largest absolute Gasteiger partial charge is 0.403 e. The maximum atomic E-state index is 11.7. The molecule has 1 aliphatic heterocycles. The molecule has 0 fully saturated rings. The number of carbonyl (C=O) groups excluding carboxylic acids is 1. The first kappa shape index (κ1) is 12.6. The van der Waals surface area contributed by atoms with Gasteiger partial charge in [0.15, 0.2) is 5.70 Å². The predicted octanol–water partition coefficient (Wildman–Crippen LogP) is 3.76. The molecule has 0 amide bonds. The zero-order chi connectivity index (χ0) is 13.8. The van der Waals surface area contributed by atoms with Crippen LogP contribution in [0.2, 0.25) is 0 Å². The van der Waals surface area contributed by atoms with Gasteiger partial charge in [-0.1, -0.05) is 36.4 Å². The van der Waals surface area contributed by atoms with Gasteiger partial charge in [0, 0.05) is 11.0 Å². The van der Waals surface area contributed by atoms with Crippen LogP contribution in [0.4, 0.5) is 0 Å². The number of aliphatic imine (C=N–C) groups is 1. The molecule has 0 atom stereocenters. The summed E-state index contributed by atoms with van der Waals surface area (Å²) in [5, 5.41) is 1.95. The van der Waals surface area contributed by atoms with Crippen LogP contribution in [0.1, 0.15) is 10.4 Å². The van der Waals surface area contributed by atoms with Crippen LogP contribution in [0, 0.1) is 0 Å². The molecule has 0 radical (unpaired) electrons. The van der Waals surface area contributed by atoms with Crippen LogP contribution in [0.5, 0.6) is 0 Å². The minimum atomic E-state index is -0.411. The number of hydrogen-bond acceptors (Lipinski definition) is 4. The van der Waals surface area contributed by atoms with Crippen LogP contribution in [0.3, 0.4) is 0 Å². The number of cyclic esters (lactones) is 1. The summed E-state index contributed by atoms with van der Waals surface area (Å²) in [4.78, 5) is 16.9. The highest BCUT2D eigenvalue weighted by atomic mass is 32.1. The third kappa shape index (κ3) is 2.92. The van der Waals surface area contributed by atoms with Gasteiger partial charge in [-0.3, -0.25) is 0 Å². The van der Waals surface area contributed by atoms with E-state index in [2.05, 4.69) is 4.99 Å². The van der Waals surface area contributed by atoms with Crippen molar-refractivity contribution in [1.29, 1.82) is 0 Å². The Labute approximate surface area is 120 Å². The van der Waals surface area contributed by atoms with Gasteiger partial charge in [0.25, 0.3) is 0 Å². The zero-order valence-electron chi connectivity index (χ0n) is 10.5. The molecule has 3 nitrogen and oxygen atoms in total. The number of nitrogens with zero attached hydrogens (tertiary/aromatic N) is 1. The molecular weight excluding hydrogens is 270 g/mol. The molecule has 0 N–H and O–H groups in total. The Morgan fingerprint density at radius 1 is 1.05 bits per heavy atom. The van der Waals surface area contributed by atoms with E-state index in [1.165, 1.54) is 0 Å². The van der Waals surface area contributed by atoms with Gasteiger partial charge in [-0.2, -0.15) is 0 Å². The van der Waals surface area contributed by atoms with Crippen LogP contribution < -0.4 is 0 Å². The molecule has 0 saturated heterocycles. The zero-order valence-corrected chi connectivity index (χ0v) is 11.3. The van der Waals surface area contributed by atoms with Crippen molar-refractivity contribution in [3.05, 3.63) is 70.1 Å². The van der Waals surface area contributed by atoms with Gasteiger partial charge in [-0.15, -0.1) is 11.3 Å². The van der Waals surface area contributed by atoms with Gasteiger partial charge in [0.1, 0.15) is 0 Å². The summed E-state index contributed by atoms with van der Waals surface area (Å²) >= 11 is 1.55. The Balaban J connectivity index is 1.79. The van der Waals surface area contributed by atoms with E-state index in [1.807, 2.05) is 53.9 Å². The molecule has 4 heteroatoms. The van der Waals surface area contributed by atoms with Crippen LogP contribution in [0.25, 0.3) is 12.2 Å². The summed E-state index contributed by atoms with van der Waals surface area (Å²) in [7, 11) is 0. The highest BCUT2D eigenvalue weighted by Gasteiger charge is 2.21. The number of hydrogen-bond donors (Lipinski definition) is 0. The Bertz CT molecular complexity index is 697. The summed E-state index contributed by atoms with van der Waals surface area (Å²) in [6.07, 6.45) is 5.29. The second kappa shape index (κ2) is 5.67. The molecule has 3 rings (SSSR count). The number of thiophene rings is 1. The van der Waals surface area contributed by atoms with Gasteiger partial charge in [-0.25, -0.2) is 9.79 Å². The lowest BCUT2D eigenvalue weighted by molar-refractivity contribution is -0.129. The van der Waals surface area contributed by atoms with Crippen molar-refractivity contribution in [3.63, 3.8) is 0 Å². The van der Waals surface area contributed by atoms with E-state index in [-0.39, 0.29) is 0 Å². The van der Waals surface area contributed by atoms with Crippen molar-refractivity contribution in [2.24, 2.45) is 4.99 Å². The Kier molecular flexibility index (Phi) is 3.56. The van der Waals surface area contributed by atoms with E-state index >= 15 is 0 Å². The third-order valence-electron chi connectivity index (χ3n) is 2.68. The first-order valence-corrected chi connectivity index (χ1v) is 6.98. The molecule has 2 heterocycles. The van der Waals surface area contributed by atoms with E-state index in [4.69, 9.17) is 4.74 Å². The fourth-order valence-corrected chi connectivity index (χ4v) is 2.39. The van der Waals surface area contributed by atoms with Crippen molar-refractivity contribution in [2.75, 3.05) is 0 Å². The highest BCUT2D eigenvalue weighted by molar-refractivity contribution is 7.10. The molecular formula is C16H11NO2S. The molecule has 2 aromatic rings. The topological polar surface area (TPSA) is 38.7 Å². The second-order valence-corrected chi connectivity index (χ2v) is 5.11. The monoisotopic (exact) mass is 281 g/mol. The van der Waals surface area contributed by atoms with E-state index in [1.54, 1.807) is 23.5 Å². The van der Waals surface area contributed by atoms with Crippen molar-refractivity contribution in [3.8, 4) is 0 Å². The number of esters is 1. The number of carbonyl (C=O) groups is 1. The molecule has 0 aliphatic carbocycles. The van der Waals surface area contributed by atoms with E-state index in [0.717, 1.165) is 10.4 Å². The molecule has 98 valence electrons. The first-order valence-electron chi connectivity index (χ1n) is 6.10. The Morgan fingerprint density at radius 2 is 1.90 bits per heavy atom. The van der Waals surface area contributed by atoms with Crippen LogP contribution in [-0.4, -0.2) is 11.9 Å². The number of benzene rings is 1. The second-order valence-electron chi connectivity index (χ2n) is 4.13. The average Bonchev–Trinajstić information content (AvgIpc) is 3.09. The first-order chi connectivity index (χ1) is 9.81. The fourth-order valence-electron chi connectivity index (χ4n) is 1.74. The number of rotatable bonds is 3. The van der Waals surface area contributed by atoms with Gasteiger partial charge in [0.2, 0.25) is 5.90 Å². The lowest BCUT2D eigenvalue weighted by Gasteiger charge is -1.92. The van der Waals surface area contributed by atoms with Crippen molar-refractivity contribution >= 4 is 35.4 Å². The Morgan fingerprint density at radius 3 is 2.65 bits per heavy atom. The molecule has 0 bridgehead atoms. The molecule has 0 unspecified atom stereocenters. The molecule has 1 aromatic heterocycles. The van der Waals surface area contributed by atoms with E-state index in [9.17, 15) is 4.79 Å². The predicted molar refractivity (Wildman–Crippen MR) is 81.3 cm³/mol. The molecule has 1 aromatic carbocycles. The summed E-state index contributed by atoms with van der Waals surface area (Å²) in [5.74, 6) is -0.0900. The standard InChI is InChI=1S/C16H11NO2S/c18-16-14(11-13-7-4-10-20-13)17-15(19-16)9-8-12-5-2-1-3-6-12/h1-11H/b9-8+,14-11-. The summed E-state index contributed by atoms with van der Waals surface area (Å²) in [6, 6.07) is 13.6. The minimum Gasteiger partial charge on any atom is -0.403 e. The normalized spacial score (nSPS) is 16.7. The van der Waals surface area contributed by atoms with E-state index in [0.29, 0.717) is 11.6 Å². The van der Waals surface area contributed by atoms with Gasteiger partial charge >= 0.3 is 5.97 Å². The minimum absolute atomic E-state index is 0.321. The fraction of sp³-hybridized carbons (Fsp3) is 0. The number of ether oxygens (including phenoxy) is 1. The van der Waals surface area contributed by atoms with Crippen LogP contribution in [-0.2, 0) is 9.53 Å². The quantitative estimate of drug-likeness (QED) is 0.634. The SMILES string of the molecule is O=C1OC(/C=C/c2ccccc2)=NC/1=C\c1cccs1. The maximum absolute atomic E-state index is 11.7. The van der Waals surface area contributed by atoms with Crippen LogP contribution in [0.15, 0.2) is 64.6 Å². The third-order valence-corrected chi connectivity index (χ3v) is 3.50. The molecule has 20 heavy (non-hydrogen) atoms. The maximum Gasteiger partial charge on any atom is 0.363 e. The summed E-state index contributed by atoms with van der Waals surface area (Å²) in [5.41, 5.74) is 1.36. The molecule has 0 spiro atoms. The van der Waals surface area contributed by atoms with Gasteiger partial charge in [0.05, 0.1) is 0 Å². The molecule has 1 aliphatic rings. The average molecular weight is 281 g/mol. The van der Waals surface area contributed by atoms with Gasteiger partial charge in [-0.05, 0) is 29.2 Å². The highest BCUT2D eigenvalue weighted by Crippen LogP contribution is 2.19. The van der Waals surface area contributed by atoms with Gasteiger partial charge < -0.3 is 4.74 Å². The van der Waals surface area contributed by atoms with Crippen molar-refractivity contribution < 1.29 is 9.53 Å². The Hall–Kier alpha value is -2.46. The summed E-state index contributed by atoms with van der Waals surface area (Å²) < 4.78 is 5.11. The smallest absolute Gasteiger partial charge is 0.363 e. The van der Waals surface area contributed by atoms with Crippen LogP contribution >= 0.6 is 11.3 Å². The lowest BCUT2D eigenvalue weighted by atomic mass is 10.2. The van der Waals surface area contributed by atoms with E-state index < -0.39 is 5.97 Å². The molecule has 0 saturated carbocycles. The van der Waals surface area contributed by atoms with Crippen molar-refractivity contribution in [1.82, 2.24) is 0 Å². The lowest BCUT2D eigenvalue weighted by Crippen LogP contribution is -2.00.